The predicted octanol–water partition coefficient (Wildman–Crippen LogP) is 2.66. The molecule has 1 aromatic carbocycles. The third-order valence-corrected chi connectivity index (χ3v) is 2.51. The molecule has 1 aromatic rings. The molecule has 0 aliphatic carbocycles. The lowest BCUT2D eigenvalue weighted by Crippen LogP contribution is -2.25. The first-order valence-corrected chi connectivity index (χ1v) is 6.42. The highest BCUT2D eigenvalue weighted by molar-refractivity contribution is 5.30. The van der Waals surface area contributed by atoms with Crippen molar-refractivity contribution in [2.24, 2.45) is 0 Å². The van der Waals surface area contributed by atoms with Crippen LogP contribution in [0, 0.1) is 5.82 Å². The quantitative estimate of drug-likeness (QED) is 0.739. The van der Waals surface area contributed by atoms with Gasteiger partial charge in [-0.15, -0.1) is 0 Å². The number of hydrogen-bond donors (Lipinski definition) is 1. The fraction of sp³-hybridized carbons (Fsp3) is 0.571. The van der Waals surface area contributed by atoms with Gasteiger partial charge in [-0.25, -0.2) is 4.39 Å². The van der Waals surface area contributed by atoms with E-state index >= 15 is 0 Å². The average molecular weight is 272 g/mol. The van der Waals surface area contributed by atoms with Gasteiger partial charge in [0, 0.05) is 24.8 Å². The summed E-state index contributed by atoms with van der Waals surface area (Å²) in [6, 6.07) is 4.36. The van der Waals surface area contributed by atoms with Crippen LogP contribution >= 0.6 is 0 Å². The standard InChI is InChI=1S/C14H21FO4/c1-4-17-14(18-5-2)9-19-11-6-7-12(10(3)16)13(15)8-11/h6-8,10,14,16H,4-5,9H2,1-3H3/t10-/m1/s1. The average Bonchev–Trinajstić information content (AvgIpc) is 2.36. The smallest absolute Gasteiger partial charge is 0.191 e. The van der Waals surface area contributed by atoms with E-state index in [1.54, 1.807) is 6.07 Å². The lowest BCUT2D eigenvalue weighted by Gasteiger charge is -2.17. The van der Waals surface area contributed by atoms with E-state index in [0.29, 0.717) is 19.0 Å². The molecule has 5 heteroatoms. The number of halogens is 1. The molecule has 0 saturated carbocycles. The summed E-state index contributed by atoms with van der Waals surface area (Å²) in [6.45, 7) is 6.47. The third-order valence-electron chi connectivity index (χ3n) is 2.51. The van der Waals surface area contributed by atoms with E-state index < -0.39 is 18.2 Å². The van der Waals surface area contributed by atoms with Crippen LogP contribution < -0.4 is 4.74 Å². The predicted molar refractivity (Wildman–Crippen MR) is 69.6 cm³/mol. The molecule has 0 spiro atoms. The molecular formula is C14H21FO4. The van der Waals surface area contributed by atoms with Crippen LogP contribution in [-0.2, 0) is 9.47 Å². The highest BCUT2D eigenvalue weighted by Gasteiger charge is 2.12. The Labute approximate surface area is 113 Å². The first-order valence-electron chi connectivity index (χ1n) is 6.42. The molecule has 1 rings (SSSR count). The van der Waals surface area contributed by atoms with E-state index in [0.717, 1.165) is 0 Å². The highest BCUT2D eigenvalue weighted by atomic mass is 19.1. The summed E-state index contributed by atoms with van der Waals surface area (Å²) in [6.07, 6.45) is -1.30. The number of aliphatic hydroxyl groups is 1. The molecule has 0 saturated heterocycles. The molecule has 0 aromatic heterocycles. The van der Waals surface area contributed by atoms with Crippen molar-refractivity contribution in [2.75, 3.05) is 19.8 Å². The van der Waals surface area contributed by atoms with E-state index in [2.05, 4.69) is 0 Å². The molecule has 0 bridgehead atoms. The zero-order chi connectivity index (χ0) is 14.3. The number of ether oxygens (including phenoxy) is 3. The van der Waals surface area contributed by atoms with Crippen molar-refractivity contribution in [3.63, 3.8) is 0 Å². The SMILES string of the molecule is CCOC(COc1ccc([C@@H](C)O)c(F)c1)OCC. The summed E-state index contributed by atoms with van der Waals surface area (Å²) in [5, 5.41) is 9.33. The van der Waals surface area contributed by atoms with Crippen LogP contribution in [0.1, 0.15) is 32.4 Å². The van der Waals surface area contributed by atoms with Gasteiger partial charge in [0.2, 0.25) is 0 Å². The lowest BCUT2D eigenvalue weighted by molar-refractivity contribution is -0.152. The molecule has 0 radical (unpaired) electrons. The van der Waals surface area contributed by atoms with Crippen LogP contribution in [0.4, 0.5) is 4.39 Å². The molecule has 108 valence electrons. The van der Waals surface area contributed by atoms with Crippen LogP contribution in [0.15, 0.2) is 18.2 Å². The van der Waals surface area contributed by atoms with Gasteiger partial charge in [0.15, 0.2) is 6.29 Å². The maximum absolute atomic E-state index is 13.6. The number of hydrogen-bond acceptors (Lipinski definition) is 4. The molecule has 0 heterocycles. The fourth-order valence-corrected chi connectivity index (χ4v) is 1.62. The minimum absolute atomic E-state index is 0.190. The monoisotopic (exact) mass is 272 g/mol. The van der Waals surface area contributed by atoms with Gasteiger partial charge in [-0.05, 0) is 32.9 Å². The molecule has 0 fully saturated rings. The normalized spacial score (nSPS) is 12.7. The first kappa shape index (κ1) is 15.9. The van der Waals surface area contributed by atoms with E-state index in [-0.39, 0.29) is 12.2 Å². The molecule has 1 atom stereocenters. The second-order valence-electron chi connectivity index (χ2n) is 4.01. The second kappa shape index (κ2) is 8.09. The number of aliphatic hydroxyl groups excluding tert-OH is 1. The number of rotatable bonds is 8. The summed E-state index contributed by atoms with van der Waals surface area (Å²) in [5.74, 6) is -0.108. The van der Waals surface area contributed by atoms with E-state index in [9.17, 15) is 9.50 Å². The van der Waals surface area contributed by atoms with Gasteiger partial charge < -0.3 is 19.3 Å². The molecular weight excluding hydrogens is 251 g/mol. The molecule has 0 aliphatic rings. The Morgan fingerprint density at radius 3 is 2.32 bits per heavy atom. The fourth-order valence-electron chi connectivity index (χ4n) is 1.62. The van der Waals surface area contributed by atoms with Gasteiger partial charge in [-0.1, -0.05) is 0 Å². The van der Waals surface area contributed by atoms with Crippen LogP contribution in [0.3, 0.4) is 0 Å². The molecule has 0 aliphatic heterocycles. The zero-order valence-electron chi connectivity index (χ0n) is 11.6. The lowest BCUT2D eigenvalue weighted by atomic mass is 10.1. The molecule has 19 heavy (non-hydrogen) atoms. The topological polar surface area (TPSA) is 47.9 Å². The maximum Gasteiger partial charge on any atom is 0.191 e. The van der Waals surface area contributed by atoms with Gasteiger partial charge in [0.25, 0.3) is 0 Å². The van der Waals surface area contributed by atoms with Crippen molar-refractivity contribution in [3.05, 3.63) is 29.6 Å². The summed E-state index contributed by atoms with van der Waals surface area (Å²) in [7, 11) is 0. The Hall–Kier alpha value is -1.17. The minimum Gasteiger partial charge on any atom is -0.488 e. The van der Waals surface area contributed by atoms with Crippen molar-refractivity contribution in [1.29, 1.82) is 0 Å². The van der Waals surface area contributed by atoms with Crippen molar-refractivity contribution < 1.29 is 23.7 Å². The van der Waals surface area contributed by atoms with Gasteiger partial charge in [0.1, 0.15) is 18.2 Å². The molecule has 0 amide bonds. The van der Waals surface area contributed by atoms with Crippen molar-refractivity contribution in [1.82, 2.24) is 0 Å². The van der Waals surface area contributed by atoms with Crippen LogP contribution in [0.25, 0.3) is 0 Å². The Bertz CT molecular complexity index is 376. The summed E-state index contributed by atoms with van der Waals surface area (Å²) < 4.78 is 29.7. The Kier molecular flexibility index (Phi) is 6.77. The summed E-state index contributed by atoms with van der Waals surface area (Å²) >= 11 is 0. The Morgan fingerprint density at radius 1 is 1.21 bits per heavy atom. The largest absolute Gasteiger partial charge is 0.488 e. The molecule has 0 unspecified atom stereocenters. The molecule has 1 N–H and O–H groups in total. The maximum atomic E-state index is 13.6. The first-order chi connectivity index (χ1) is 9.08. The van der Waals surface area contributed by atoms with Crippen LogP contribution in [-0.4, -0.2) is 31.2 Å². The summed E-state index contributed by atoms with van der Waals surface area (Å²) in [4.78, 5) is 0. The van der Waals surface area contributed by atoms with Crippen LogP contribution in [0.5, 0.6) is 5.75 Å². The van der Waals surface area contributed by atoms with Crippen molar-refractivity contribution in [3.8, 4) is 5.75 Å². The second-order valence-corrected chi connectivity index (χ2v) is 4.01. The third kappa shape index (κ3) is 5.14. The molecule has 4 nitrogen and oxygen atoms in total. The summed E-state index contributed by atoms with van der Waals surface area (Å²) in [5.41, 5.74) is 0.249. The van der Waals surface area contributed by atoms with Crippen molar-refractivity contribution in [2.45, 2.75) is 33.2 Å². The van der Waals surface area contributed by atoms with E-state index in [1.807, 2.05) is 13.8 Å². The zero-order valence-corrected chi connectivity index (χ0v) is 11.6. The van der Waals surface area contributed by atoms with Gasteiger partial charge in [-0.2, -0.15) is 0 Å². The van der Waals surface area contributed by atoms with E-state index in [1.165, 1.54) is 19.1 Å². The minimum atomic E-state index is -0.839. The van der Waals surface area contributed by atoms with Gasteiger partial charge >= 0.3 is 0 Å². The highest BCUT2D eigenvalue weighted by Crippen LogP contribution is 2.21. The van der Waals surface area contributed by atoms with Gasteiger partial charge in [0.05, 0.1) is 6.10 Å². The van der Waals surface area contributed by atoms with Crippen LogP contribution in [0.2, 0.25) is 0 Å². The van der Waals surface area contributed by atoms with Gasteiger partial charge in [-0.3, -0.25) is 0 Å². The number of benzene rings is 1. The van der Waals surface area contributed by atoms with Crippen molar-refractivity contribution >= 4 is 0 Å². The van der Waals surface area contributed by atoms with E-state index in [4.69, 9.17) is 14.2 Å². The Balaban J connectivity index is 2.59. The Morgan fingerprint density at radius 2 is 1.84 bits per heavy atom.